The minimum atomic E-state index is -0.452. The summed E-state index contributed by atoms with van der Waals surface area (Å²) in [4.78, 5) is 22.2. The number of hydrogen-bond acceptors (Lipinski definition) is 4. The van der Waals surface area contributed by atoms with Gasteiger partial charge in [0.2, 0.25) is 5.91 Å². The van der Waals surface area contributed by atoms with Crippen LogP contribution in [0.5, 0.6) is 0 Å². The van der Waals surface area contributed by atoms with Gasteiger partial charge in [0.1, 0.15) is 6.04 Å². The molecule has 0 radical (unpaired) electrons. The first kappa shape index (κ1) is 13.9. The molecule has 1 amide bonds. The third-order valence-corrected chi connectivity index (χ3v) is 1.98. The molecule has 1 atom stereocenters. The van der Waals surface area contributed by atoms with E-state index in [9.17, 15) is 9.59 Å². The second-order valence-electron chi connectivity index (χ2n) is 3.33. The van der Waals surface area contributed by atoms with Gasteiger partial charge in [0.25, 0.3) is 0 Å². The van der Waals surface area contributed by atoms with E-state index in [-0.39, 0.29) is 18.4 Å². The summed E-state index contributed by atoms with van der Waals surface area (Å²) < 4.78 is 4.51. The molecule has 88 valence electrons. The summed E-state index contributed by atoms with van der Waals surface area (Å²) in [6.07, 6.45) is 2.02. The maximum absolute atomic E-state index is 11.2. The van der Waals surface area contributed by atoms with E-state index in [4.69, 9.17) is 0 Å². The fraction of sp³-hybridized carbons (Fsp3) is 0.800. The zero-order chi connectivity index (χ0) is 11.7. The second kappa shape index (κ2) is 8.23. The average molecular weight is 216 g/mol. The number of rotatable bonds is 7. The molecule has 0 saturated carbocycles. The zero-order valence-corrected chi connectivity index (χ0v) is 9.63. The molecule has 0 aromatic heterocycles. The summed E-state index contributed by atoms with van der Waals surface area (Å²) in [5, 5.41) is 5.52. The molecule has 0 spiro atoms. The highest BCUT2D eigenvalue weighted by Crippen LogP contribution is 1.85. The maximum Gasteiger partial charge on any atom is 0.322 e. The van der Waals surface area contributed by atoms with Crippen LogP contribution < -0.4 is 10.6 Å². The number of ether oxygens (including phenoxy) is 1. The molecule has 0 saturated heterocycles. The van der Waals surface area contributed by atoms with Gasteiger partial charge in [0, 0.05) is 6.54 Å². The van der Waals surface area contributed by atoms with Gasteiger partial charge >= 0.3 is 5.97 Å². The monoisotopic (exact) mass is 216 g/mol. The van der Waals surface area contributed by atoms with E-state index in [0.717, 1.165) is 12.8 Å². The van der Waals surface area contributed by atoms with Crippen LogP contribution in [0.1, 0.15) is 26.7 Å². The summed E-state index contributed by atoms with van der Waals surface area (Å²) in [6, 6.07) is -0.452. The van der Waals surface area contributed by atoms with Gasteiger partial charge in [-0.2, -0.15) is 0 Å². The molecule has 0 heterocycles. The van der Waals surface area contributed by atoms with Gasteiger partial charge in [-0.05, 0) is 13.3 Å². The van der Waals surface area contributed by atoms with Gasteiger partial charge in [-0.15, -0.1) is 0 Å². The second-order valence-corrected chi connectivity index (χ2v) is 3.33. The Hall–Kier alpha value is -1.10. The smallest absolute Gasteiger partial charge is 0.322 e. The Balaban J connectivity index is 3.57. The molecule has 0 aliphatic rings. The quantitative estimate of drug-likeness (QED) is 0.466. The van der Waals surface area contributed by atoms with Crippen LogP contribution >= 0.6 is 0 Å². The molecule has 2 N–H and O–H groups in total. The topological polar surface area (TPSA) is 67.4 Å². The normalized spacial score (nSPS) is 11.9. The predicted molar refractivity (Wildman–Crippen MR) is 57.4 cm³/mol. The molecule has 1 unspecified atom stereocenters. The molecule has 0 rings (SSSR count). The first-order chi connectivity index (χ1) is 7.11. The van der Waals surface area contributed by atoms with Gasteiger partial charge < -0.3 is 10.1 Å². The number of esters is 1. The van der Waals surface area contributed by atoms with Crippen molar-refractivity contribution < 1.29 is 14.3 Å². The van der Waals surface area contributed by atoms with Crippen molar-refractivity contribution in [3.8, 4) is 0 Å². The van der Waals surface area contributed by atoms with Gasteiger partial charge in [0.05, 0.1) is 13.7 Å². The molecule has 0 aromatic rings. The maximum atomic E-state index is 11.2. The predicted octanol–water partition coefficient (Wildman–Crippen LogP) is 0.0538. The molecule has 5 heteroatoms. The molecule has 0 aliphatic heterocycles. The SMILES string of the molecule is CCCCNC(=O)CNC(C)C(=O)OC. The van der Waals surface area contributed by atoms with E-state index in [0.29, 0.717) is 6.54 Å². The number of hydrogen-bond donors (Lipinski definition) is 2. The third kappa shape index (κ3) is 6.90. The molecule has 0 fully saturated rings. The average Bonchev–Trinajstić information content (AvgIpc) is 2.25. The molecule has 15 heavy (non-hydrogen) atoms. The standard InChI is InChI=1S/C10H20N2O3/c1-4-5-6-11-9(13)7-12-8(2)10(14)15-3/h8,12H,4-7H2,1-3H3,(H,11,13). The first-order valence-corrected chi connectivity index (χ1v) is 5.19. The molecule has 0 bridgehead atoms. The van der Waals surface area contributed by atoms with Crippen LogP contribution in [0.2, 0.25) is 0 Å². The summed E-state index contributed by atoms with van der Waals surface area (Å²) in [5.74, 6) is -0.462. The van der Waals surface area contributed by atoms with Crippen molar-refractivity contribution in [2.75, 3.05) is 20.2 Å². The number of carbonyl (C=O) groups excluding carboxylic acids is 2. The van der Waals surface area contributed by atoms with Crippen LogP contribution in [0.4, 0.5) is 0 Å². The summed E-state index contributed by atoms with van der Waals surface area (Å²) in [7, 11) is 1.32. The summed E-state index contributed by atoms with van der Waals surface area (Å²) in [6.45, 7) is 4.54. The van der Waals surface area contributed by atoms with E-state index < -0.39 is 6.04 Å². The lowest BCUT2D eigenvalue weighted by Crippen LogP contribution is -2.42. The van der Waals surface area contributed by atoms with E-state index in [1.165, 1.54) is 7.11 Å². The highest BCUT2D eigenvalue weighted by Gasteiger charge is 2.12. The Labute approximate surface area is 90.6 Å². The zero-order valence-electron chi connectivity index (χ0n) is 9.63. The van der Waals surface area contributed by atoms with Crippen molar-refractivity contribution in [3.05, 3.63) is 0 Å². The fourth-order valence-electron chi connectivity index (χ4n) is 0.973. The van der Waals surface area contributed by atoms with Gasteiger partial charge in [0.15, 0.2) is 0 Å². The van der Waals surface area contributed by atoms with Crippen molar-refractivity contribution in [3.63, 3.8) is 0 Å². The van der Waals surface area contributed by atoms with Crippen molar-refractivity contribution in [1.29, 1.82) is 0 Å². The Morgan fingerprint density at radius 2 is 2.07 bits per heavy atom. The lowest BCUT2D eigenvalue weighted by Gasteiger charge is -2.11. The Bertz CT molecular complexity index is 207. The van der Waals surface area contributed by atoms with Crippen LogP contribution in [0.15, 0.2) is 0 Å². The number of methoxy groups -OCH3 is 1. The van der Waals surface area contributed by atoms with Crippen LogP contribution in [0, 0.1) is 0 Å². The Kier molecular flexibility index (Phi) is 7.62. The third-order valence-electron chi connectivity index (χ3n) is 1.98. The van der Waals surface area contributed by atoms with E-state index in [1.807, 2.05) is 0 Å². The first-order valence-electron chi connectivity index (χ1n) is 5.19. The number of amides is 1. The van der Waals surface area contributed by atoms with Crippen LogP contribution in [0.3, 0.4) is 0 Å². The van der Waals surface area contributed by atoms with E-state index in [2.05, 4.69) is 22.3 Å². The lowest BCUT2D eigenvalue weighted by atomic mass is 10.3. The molecule has 5 nitrogen and oxygen atoms in total. The number of unbranched alkanes of at least 4 members (excludes halogenated alkanes) is 1. The largest absolute Gasteiger partial charge is 0.468 e. The van der Waals surface area contributed by atoms with Gasteiger partial charge in [-0.3, -0.25) is 14.9 Å². The van der Waals surface area contributed by atoms with Crippen molar-refractivity contribution >= 4 is 11.9 Å². The molecular weight excluding hydrogens is 196 g/mol. The van der Waals surface area contributed by atoms with Crippen molar-refractivity contribution in [1.82, 2.24) is 10.6 Å². The summed E-state index contributed by atoms with van der Waals surface area (Å²) in [5.41, 5.74) is 0. The van der Waals surface area contributed by atoms with E-state index >= 15 is 0 Å². The van der Waals surface area contributed by atoms with Crippen LogP contribution in [-0.2, 0) is 14.3 Å². The summed E-state index contributed by atoms with van der Waals surface area (Å²) >= 11 is 0. The lowest BCUT2D eigenvalue weighted by molar-refractivity contribution is -0.142. The van der Waals surface area contributed by atoms with E-state index in [1.54, 1.807) is 6.92 Å². The Morgan fingerprint density at radius 1 is 1.40 bits per heavy atom. The van der Waals surface area contributed by atoms with Gasteiger partial charge in [-0.1, -0.05) is 13.3 Å². The number of carbonyl (C=O) groups is 2. The fourth-order valence-corrected chi connectivity index (χ4v) is 0.973. The van der Waals surface area contributed by atoms with Gasteiger partial charge in [-0.25, -0.2) is 0 Å². The van der Waals surface area contributed by atoms with Crippen LogP contribution in [0.25, 0.3) is 0 Å². The minimum Gasteiger partial charge on any atom is -0.468 e. The molecular formula is C10H20N2O3. The number of nitrogens with one attached hydrogen (secondary N) is 2. The Morgan fingerprint density at radius 3 is 2.60 bits per heavy atom. The van der Waals surface area contributed by atoms with Crippen molar-refractivity contribution in [2.24, 2.45) is 0 Å². The molecule has 0 aliphatic carbocycles. The molecule has 0 aromatic carbocycles. The van der Waals surface area contributed by atoms with Crippen molar-refractivity contribution in [2.45, 2.75) is 32.7 Å². The van der Waals surface area contributed by atoms with Crippen LogP contribution in [-0.4, -0.2) is 38.1 Å². The highest BCUT2D eigenvalue weighted by atomic mass is 16.5. The highest BCUT2D eigenvalue weighted by molar-refractivity contribution is 5.80. The minimum absolute atomic E-state index is 0.0980.